The van der Waals surface area contributed by atoms with Crippen LogP contribution in [0.15, 0.2) is 73.3 Å². The van der Waals surface area contributed by atoms with E-state index in [1.165, 1.54) is 0 Å². The Bertz CT molecular complexity index is 619. The number of rotatable bonds is 5. The van der Waals surface area contributed by atoms with Gasteiger partial charge in [-0.2, -0.15) is 0 Å². The number of carbonyl (C=O) groups is 1. The lowest BCUT2D eigenvalue weighted by molar-refractivity contribution is -0.122. The fourth-order valence-electron chi connectivity index (χ4n) is 2.19. The summed E-state index contributed by atoms with van der Waals surface area (Å²) in [7, 11) is 0. The molecule has 0 aliphatic rings. The average molecular weight is 325 g/mol. The highest BCUT2D eigenvalue weighted by molar-refractivity contribution is 7.80. The van der Waals surface area contributed by atoms with Crippen LogP contribution in [0.4, 0.5) is 0 Å². The van der Waals surface area contributed by atoms with Crippen LogP contribution < -0.4 is 16.2 Å². The predicted octanol–water partition coefficient (Wildman–Crippen LogP) is 2.50. The zero-order chi connectivity index (χ0) is 16.5. The van der Waals surface area contributed by atoms with Crippen LogP contribution in [0.5, 0.6) is 0 Å². The van der Waals surface area contributed by atoms with Gasteiger partial charge in [0, 0.05) is 6.54 Å². The first-order valence-corrected chi connectivity index (χ1v) is 7.67. The number of nitrogens with one attached hydrogen (secondary N) is 3. The molecule has 4 nitrogen and oxygen atoms in total. The third-order valence-corrected chi connectivity index (χ3v) is 3.48. The van der Waals surface area contributed by atoms with Gasteiger partial charge in [0.15, 0.2) is 5.11 Å². The number of thiocarbonyl (C=S) groups is 1. The number of hydrogen-bond acceptors (Lipinski definition) is 2. The summed E-state index contributed by atoms with van der Waals surface area (Å²) in [5, 5.41) is 3.24. The number of carbonyl (C=O) groups excluding carboxylic acids is 1. The molecule has 0 bridgehead atoms. The Kier molecular flexibility index (Phi) is 6.32. The van der Waals surface area contributed by atoms with E-state index in [4.69, 9.17) is 12.2 Å². The van der Waals surface area contributed by atoms with E-state index in [-0.39, 0.29) is 5.91 Å². The van der Waals surface area contributed by atoms with Crippen LogP contribution in [0.25, 0.3) is 0 Å². The zero-order valence-electron chi connectivity index (χ0n) is 12.7. The number of hydrazine groups is 1. The Labute approximate surface area is 141 Å². The van der Waals surface area contributed by atoms with E-state index in [0.29, 0.717) is 11.7 Å². The van der Waals surface area contributed by atoms with Crippen LogP contribution in [-0.4, -0.2) is 17.6 Å². The summed E-state index contributed by atoms with van der Waals surface area (Å²) < 4.78 is 0. The molecule has 0 atom stereocenters. The van der Waals surface area contributed by atoms with E-state index in [2.05, 4.69) is 22.7 Å². The van der Waals surface area contributed by atoms with Crippen LogP contribution in [0.1, 0.15) is 17.0 Å². The molecule has 0 heterocycles. The second kappa shape index (κ2) is 8.70. The maximum absolute atomic E-state index is 12.6. The van der Waals surface area contributed by atoms with Crippen LogP contribution >= 0.6 is 12.2 Å². The van der Waals surface area contributed by atoms with Crippen molar-refractivity contribution in [3.05, 3.63) is 84.4 Å². The van der Waals surface area contributed by atoms with Gasteiger partial charge < -0.3 is 5.32 Å². The first-order valence-electron chi connectivity index (χ1n) is 7.27. The summed E-state index contributed by atoms with van der Waals surface area (Å²) >= 11 is 5.07. The lowest BCUT2D eigenvalue weighted by Crippen LogP contribution is -2.48. The predicted molar refractivity (Wildman–Crippen MR) is 96.8 cm³/mol. The van der Waals surface area contributed by atoms with E-state index in [9.17, 15) is 4.79 Å². The van der Waals surface area contributed by atoms with E-state index >= 15 is 0 Å². The first-order chi connectivity index (χ1) is 11.2. The average Bonchev–Trinajstić information content (AvgIpc) is 2.60. The highest BCUT2D eigenvalue weighted by Crippen LogP contribution is 2.24. The summed E-state index contributed by atoms with van der Waals surface area (Å²) in [5.74, 6) is -0.586. The Morgan fingerprint density at radius 1 is 1.00 bits per heavy atom. The fraction of sp³-hybridized carbons (Fsp3) is 0.111. The smallest absolute Gasteiger partial charge is 0.250 e. The van der Waals surface area contributed by atoms with Crippen molar-refractivity contribution in [1.82, 2.24) is 16.2 Å². The second-order valence-electron chi connectivity index (χ2n) is 4.87. The first kappa shape index (κ1) is 16.7. The van der Waals surface area contributed by atoms with E-state index in [1.807, 2.05) is 60.7 Å². The highest BCUT2D eigenvalue weighted by Gasteiger charge is 2.22. The summed E-state index contributed by atoms with van der Waals surface area (Å²) in [6, 6.07) is 19.3. The highest BCUT2D eigenvalue weighted by atomic mass is 32.1. The van der Waals surface area contributed by atoms with Crippen LogP contribution in [-0.2, 0) is 4.79 Å². The number of benzene rings is 2. The third kappa shape index (κ3) is 4.93. The minimum atomic E-state index is -0.410. The molecule has 2 aromatic carbocycles. The second-order valence-corrected chi connectivity index (χ2v) is 5.28. The van der Waals surface area contributed by atoms with Crippen LogP contribution in [0.2, 0.25) is 0 Å². The minimum absolute atomic E-state index is 0.176. The summed E-state index contributed by atoms with van der Waals surface area (Å²) in [6.45, 7) is 4.13. The normalized spacial score (nSPS) is 9.96. The maximum Gasteiger partial charge on any atom is 0.250 e. The zero-order valence-corrected chi connectivity index (χ0v) is 13.5. The number of hydrogen-bond donors (Lipinski definition) is 3. The van der Waals surface area contributed by atoms with Gasteiger partial charge >= 0.3 is 0 Å². The van der Waals surface area contributed by atoms with Crippen molar-refractivity contribution < 1.29 is 4.79 Å². The molecule has 2 rings (SSSR count). The van der Waals surface area contributed by atoms with Crippen LogP contribution in [0.3, 0.4) is 0 Å². The molecule has 0 aliphatic heterocycles. The summed E-state index contributed by atoms with van der Waals surface area (Å²) in [5.41, 5.74) is 7.21. The molecule has 0 fully saturated rings. The Morgan fingerprint density at radius 2 is 1.52 bits per heavy atom. The van der Waals surface area contributed by atoms with Crippen LogP contribution in [0, 0.1) is 0 Å². The molecule has 0 saturated heterocycles. The van der Waals surface area contributed by atoms with Crippen molar-refractivity contribution in [1.29, 1.82) is 0 Å². The monoisotopic (exact) mass is 325 g/mol. The molecule has 0 saturated carbocycles. The van der Waals surface area contributed by atoms with Gasteiger partial charge in [-0.25, -0.2) is 0 Å². The third-order valence-electron chi connectivity index (χ3n) is 3.23. The standard InChI is InChI=1S/C18H19N3OS/c1-2-13-19-18(23)21-20-17(22)16(14-9-5-3-6-10-14)15-11-7-4-8-12-15/h2-12,16H,1,13H2,(H,20,22)(H2,19,21,23). The fourth-order valence-corrected chi connectivity index (χ4v) is 2.32. The largest absolute Gasteiger partial charge is 0.358 e. The van der Waals surface area contributed by atoms with Crippen molar-refractivity contribution in [3.63, 3.8) is 0 Å². The Balaban J connectivity index is 2.13. The topological polar surface area (TPSA) is 53.2 Å². The van der Waals surface area contributed by atoms with E-state index in [1.54, 1.807) is 6.08 Å². The minimum Gasteiger partial charge on any atom is -0.358 e. The SMILES string of the molecule is C=CCNC(=S)NNC(=O)C(c1ccccc1)c1ccccc1. The molecule has 0 aromatic heterocycles. The quantitative estimate of drug-likeness (QED) is 0.449. The van der Waals surface area contributed by atoms with Crippen molar-refractivity contribution in [3.8, 4) is 0 Å². The van der Waals surface area contributed by atoms with Crippen molar-refractivity contribution in [2.24, 2.45) is 0 Å². The van der Waals surface area contributed by atoms with Crippen molar-refractivity contribution in [2.75, 3.05) is 6.54 Å². The van der Waals surface area contributed by atoms with Gasteiger partial charge in [0.05, 0.1) is 5.92 Å². The molecule has 1 amide bonds. The molecule has 23 heavy (non-hydrogen) atoms. The van der Waals surface area contributed by atoms with Crippen molar-refractivity contribution in [2.45, 2.75) is 5.92 Å². The molecular weight excluding hydrogens is 306 g/mol. The molecule has 0 radical (unpaired) electrons. The van der Waals surface area contributed by atoms with Gasteiger partial charge in [0.2, 0.25) is 5.91 Å². The number of amides is 1. The van der Waals surface area contributed by atoms with Gasteiger partial charge in [0.25, 0.3) is 0 Å². The molecule has 0 aliphatic carbocycles. The van der Waals surface area contributed by atoms with Gasteiger partial charge in [-0.1, -0.05) is 66.7 Å². The Hall–Kier alpha value is -2.66. The molecule has 3 N–H and O–H groups in total. The van der Waals surface area contributed by atoms with Crippen molar-refractivity contribution >= 4 is 23.2 Å². The summed E-state index contributed by atoms with van der Waals surface area (Å²) in [4.78, 5) is 12.6. The molecule has 2 aromatic rings. The molecule has 118 valence electrons. The lowest BCUT2D eigenvalue weighted by atomic mass is 9.91. The Morgan fingerprint density at radius 3 is 2.00 bits per heavy atom. The lowest BCUT2D eigenvalue weighted by Gasteiger charge is -2.19. The maximum atomic E-state index is 12.6. The summed E-state index contributed by atoms with van der Waals surface area (Å²) in [6.07, 6.45) is 1.69. The van der Waals surface area contributed by atoms with E-state index in [0.717, 1.165) is 11.1 Å². The molecular formula is C18H19N3OS. The molecule has 0 unspecified atom stereocenters. The van der Waals surface area contributed by atoms with Gasteiger partial charge in [-0.15, -0.1) is 6.58 Å². The van der Waals surface area contributed by atoms with E-state index < -0.39 is 5.92 Å². The van der Waals surface area contributed by atoms with Gasteiger partial charge in [0.1, 0.15) is 0 Å². The molecule has 0 spiro atoms. The van der Waals surface area contributed by atoms with Gasteiger partial charge in [-0.05, 0) is 23.3 Å². The molecule has 5 heteroatoms. The van der Waals surface area contributed by atoms with Gasteiger partial charge in [-0.3, -0.25) is 15.6 Å².